The van der Waals surface area contributed by atoms with Crippen molar-refractivity contribution < 1.29 is 23.4 Å². The largest absolute Gasteiger partial charge is 0.467 e. The van der Waals surface area contributed by atoms with Gasteiger partial charge in [-0.05, 0) is 24.3 Å². The Morgan fingerprint density at radius 2 is 2.12 bits per heavy atom. The molecular weight excluding hydrogens is 358 g/mol. The van der Waals surface area contributed by atoms with Crippen LogP contribution in [-0.4, -0.2) is 12.8 Å². The summed E-state index contributed by atoms with van der Waals surface area (Å²) in [5.74, 6) is -0.537. The summed E-state index contributed by atoms with van der Waals surface area (Å²) in [6.45, 7) is 0.468. The smallest absolute Gasteiger partial charge is 0.310 e. The average Bonchev–Trinajstić information content (AvgIpc) is 2.56. The molecule has 0 saturated carbocycles. The number of benzene rings is 2. The van der Waals surface area contributed by atoms with Gasteiger partial charge in [-0.3, -0.25) is 4.79 Å². The summed E-state index contributed by atoms with van der Waals surface area (Å²) in [5, 5.41) is 0.679. The third-order valence-electron chi connectivity index (χ3n) is 3.52. The quantitative estimate of drug-likeness (QED) is 0.753. The molecule has 0 bridgehead atoms. The van der Waals surface area contributed by atoms with Crippen LogP contribution >= 0.6 is 23.2 Å². The van der Waals surface area contributed by atoms with Crippen molar-refractivity contribution in [1.82, 2.24) is 0 Å². The Hall–Kier alpha value is -1.82. The first-order valence-corrected chi connectivity index (χ1v) is 7.90. The standard InChI is InChI=1S/C17H13Cl2FO4/c18-12-4-10-7-22-9-24-17(10)11(5-12)8-23-16(21)6-13-14(19)2-1-3-15(13)20/h1-5H,6-9H2. The van der Waals surface area contributed by atoms with Gasteiger partial charge in [0.15, 0.2) is 6.79 Å². The Morgan fingerprint density at radius 1 is 1.29 bits per heavy atom. The molecule has 0 atom stereocenters. The predicted molar refractivity (Wildman–Crippen MR) is 86.6 cm³/mol. The predicted octanol–water partition coefficient (Wildman–Crippen LogP) is 4.28. The van der Waals surface area contributed by atoms with Gasteiger partial charge < -0.3 is 14.2 Å². The van der Waals surface area contributed by atoms with Gasteiger partial charge in [-0.2, -0.15) is 0 Å². The molecule has 126 valence electrons. The number of halogens is 3. The van der Waals surface area contributed by atoms with Crippen LogP contribution in [0, 0.1) is 5.82 Å². The van der Waals surface area contributed by atoms with E-state index in [1.54, 1.807) is 12.1 Å². The Balaban J connectivity index is 1.70. The molecule has 1 aliphatic heterocycles. The van der Waals surface area contributed by atoms with E-state index in [2.05, 4.69) is 0 Å². The number of fused-ring (bicyclic) bond motifs is 1. The molecule has 0 saturated heterocycles. The van der Waals surface area contributed by atoms with Crippen LogP contribution in [0.5, 0.6) is 5.75 Å². The zero-order valence-corrected chi connectivity index (χ0v) is 14.0. The minimum atomic E-state index is -0.595. The third-order valence-corrected chi connectivity index (χ3v) is 4.10. The highest BCUT2D eigenvalue weighted by Crippen LogP contribution is 2.32. The van der Waals surface area contributed by atoms with Gasteiger partial charge in [0.05, 0.1) is 13.0 Å². The fraction of sp³-hybridized carbons (Fsp3) is 0.235. The summed E-state index contributed by atoms with van der Waals surface area (Å²) in [7, 11) is 0. The number of esters is 1. The van der Waals surface area contributed by atoms with Crippen molar-refractivity contribution in [3.63, 3.8) is 0 Å². The highest BCUT2D eigenvalue weighted by Gasteiger charge is 2.18. The Morgan fingerprint density at radius 3 is 2.92 bits per heavy atom. The lowest BCUT2D eigenvalue weighted by Gasteiger charge is -2.21. The molecule has 0 radical (unpaired) electrons. The summed E-state index contributed by atoms with van der Waals surface area (Å²) in [6, 6.07) is 7.64. The van der Waals surface area contributed by atoms with Gasteiger partial charge in [-0.1, -0.05) is 29.3 Å². The molecule has 24 heavy (non-hydrogen) atoms. The Labute approximate surface area is 148 Å². The van der Waals surface area contributed by atoms with Gasteiger partial charge in [0, 0.05) is 26.7 Å². The highest BCUT2D eigenvalue weighted by molar-refractivity contribution is 6.31. The van der Waals surface area contributed by atoms with Crippen LogP contribution in [0.25, 0.3) is 0 Å². The van der Waals surface area contributed by atoms with Gasteiger partial charge in [0.1, 0.15) is 18.2 Å². The monoisotopic (exact) mass is 370 g/mol. The van der Waals surface area contributed by atoms with Gasteiger partial charge in [-0.15, -0.1) is 0 Å². The molecule has 0 amide bonds. The van der Waals surface area contributed by atoms with E-state index in [0.717, 1.165) is 5.56 Å². The van der Waals surface area contributed by atoms with Crippen LogP contribution in [0.4, 0.5) is 4.39 Å². The van der Waals surface area contributed by atoms with E-state index in [0.29, 0.717) is 22.9 Å². The number of hydrogen-bond donors (Lipinski definition) is 0. The second-order valence-electron chi connectivity index (χ2n) is 5.20. The van der Waals surface area contributed by atoms with Gasteiger partial charge >= 0.3 is 5.97 Å². The van der Waals surface area contributed by atoms with Crippen LogP contribution in [0.3, 0.4) is 0 Å². The Bertz CT molecular complexity index is 759. The van der Waals surface area contributed by atoms with E-state index < -0.39 is 11.8 Å². The summed E-state index contributed by atoms with van der Waals surface area (Å²) in [4.78, 5) is 12.0. The maximum absolute atomic E-state index is 13.7. The second kappa shape index (κ2) is 7.38. The molecule has 1 heterocycles. The molecule has 0 aliphatic carbocycles. The lowest BCUT2D eigenvalue weighted by atomic mass is 10.1. The van der Waals surface area contributed by atoms with Crippen molar-refractivity contribution in [2.45, 2.75) is 19.6 Å². The Kier molecular flexibility index (Phi) is 5.23. The number of rotatable bonds is 4. The molecule has 0 unspecified atom stereocenters. The number of carbonyl (C=O) groups excluding carboxylic acids is 1. The van der Waals surface area contributed by atoms with E-state index >= 15 is 0 Å². The molecular formula is C17H13Cl2FO4. The first-order chi connectivity index (χ1) is 11.5. The van der Waals surface area contributed by atoms with Crippen molar-refractivity contribution in [2.75, 3.05) is 6.79 Å². The SMILES string of the molecule is O=C(Cc1c(F)cccc1Cl)OCc1cc(Cl)cc2c1OCOC2. The topological polar surface area (TPSA) is 44.8 Å². The van der Waals surface area contributed by atoms with Crippen LogP contribution in [-0.2, 0) is 33.9 Å². The van der Waals surface area contributed by atoms with Crippen LogP contribution in [0.2, 0.25) is 10.0 Å². The molecule has 2 aromatic rings. The molecule has 0 aromatic heterocycles. The van der Waals surface area contributed by atoms with Gasteiger partial charge in [0.25, 0.3) is 0 Å². The summed E-state index contributed by atoms with van der Waals surface area (Å²) in [5.41, 5.74) is 1.53. The molecule has 7 heteroatoms. The first kappa shape index (κ1) is 17.0. The summed E-state index contributed by atoms with van der Waals surface area (Å²) >= 11 is 12.0. The molecule has 2 aromatic carbocycles. The van der Waals surface area contributed by atoms with E-state index in [1.165, 1.54) is 18.2 Å². The van der Waals surface area contributed by atoms with Crippen molar-refractivity contribution in [3.05, 3.63) is 62.9 Å². The molecule has 0 fully saturated rings. The number of ether oxygens (including phenoxy) is 3. The number of carbonyl (C=O) groups is 1. The van der Waals surface area contributed by atoms with Crippen molar-refractivity contribution in [1.29, 1.82) is 0 Å². The normalized spacial score (nSPS) is 13.1. The minimum absolute atomic E-state index is 0.0339. The minimum Gasteiger partial charge on any atom is -0.467 e. The fourth-order valence-corrected chi connectivity index (χ4v) is 2.91. The maximum Gasteiger partial charge on any atom is 0.310 e. The van der Waals surface area contributed by atoms with Crippen molar-refractivity contribution in [3.8, 4) is 5.75 Å². The zero-order valence-electron chi connectivity index (χ0n) is 12.5. The molecule has 1 aliphatic rings. The zero-order chi connectivity index (χ0) is 17.1. The van der Waals surface area contributed by atoms with Crippen LogP contribution in [0.15, 0.2) is 30.3 Å². The van der Waals surface area contributed by atoms with Crippen molar-refractivity contribution in [2.24, 2.45) is 0 Å². The third kappa shape index (κ3) is 3.80. The van der Waals surface area contributed by atoms with Crippen LogP contribution < -0.4 is 4.74 Å². The summed E-state index contributed by atoms with van der Waals surface area (Å²) in [6.07, 6.45) is -0.252. The second-order valence-corrected chi connectivity index (χ2v) is 6.05. The van der Waals surface area contributed by atoms with E-state index in [1.807, 2.05) is 0 Å². The van der Waals surface area contributed by atoms with E-state index in [9.17, 15) is 9.18 Å². The van der Waals surface area contributed by atoms with Crippen molar-refractivity contribution >= 4 is 29.2 Å². The van der Waals surface area contributed by atoms with E-state index in [-0.39, 0.29) is 30.4 Å². The van der Waals surface area contributed by atoms with Gasteiger partial charge in [-0.25, -0.2) is 4.39 Å². The molecule has 4 nitrogen and oxygen atoms in total. The highest BCUT2D eigenvalue weighted by atomic mass is 35.5. The fourth-order valence-electron chi connectivity index (χ4n) is 2.42. The van der Waals surface area contributed by atoms with Crippen LogP contribution in [0.1, 0.15) is 16.7 Å². The van der Waals surface area contributed by atoms with E-state index in [4.69, 9.17) is 37.4 Å². The summed E-state index contributed by atoms with van der Waals surface area (Å²) < 4.78 is 29.6. The first-order valence-electron chi connectivity index (χ1n) is 7.15. The molecule has 0 N–H and O–H groups in total. The maximum atomic E-state index is 13.7. The lowest BCUT2D eigenvalue weighted by molar-refractivity contribution is -0.144. The molecule has 3 rings (SSSR count). The average molecular weight is 371 g/mol. The van der Waals surface area contributed by atoms with Gasteiger partial charge in [0.2, 0.25) is 0 Å². The number of hydrogen-bond acceptors (Lipinski definition) is 4. The lowest BCUT2D eigenvalue weighted by Crippen LogP contribution is -2.15. The molecule has 0 spiro atoms.